The van der Waals surface area contributed by atoms with Crippen LogP contribution in [-0.4, -0.2) is 0 Å². The minimum atomic E-state index is -0.446. The Hall–Kier alpha value is -3.13. The van der Waals surface area contributed by atoms with Crippen molar-refractivity contribution in [3.8, 4) is 12.3 Å². The van der Waals surface area contributed by atoms with Crippen LogP contribution in [0.1, 0.15) is 5.56 Å². The zero-order valence-electron chi connectivity index (χ0n) is 15.1. The molecule has 0 fully saturated rings. The third kappa shape index (κ3) is 5.42. The second-order valence-electron chi connectivity index (χ2n) is 5.85. The molecule has 0 N–H and O–H groups in total. The van der Waals surface area contributed by atoms with E-state index in [2.05, 4.69) is 96.9 Å². The van der Waals surface area contributed by atoms with Crippen LogP contribution in [0.5, 0.6) is 0 Å². The summed E-state index contributed by atoms with van der Waals surface area (Å²) in [7, 11) is -0.446. The highest BCUT2D eigenvalue weighted by molar-refractivity contribution is 7.79. The first kappa shape index (κ1) is 18.7. The van der Waals surface area contributed by atoms with Gasteiger partial charge in [-0.05, 0) is 36.0 Å². The summed E-state index contributed by atoms with van der Waals surface area (Å²) in [6.45, 7) is 0. The summed E-state index contributed by atoms with van der Waals surface area (Å²) in [6.07, 6.45) is 5.10. The van der Waals surface area contributed by atoms with Crippen molar-refractivity contribution in [3.05, 3.63) is 127 Å². The highest BCUT2D eigenvalue weighted by Crippen LogP contribution is 2.32. The number of rotatable bonds is 3. The first-order chi connectivity index (χ1) is 13.4. The summed E-state index contributed by atoms with van der Waals surface area (Å²) in [5, 5.41) is 4.19. The molecule has 130 valence electrons. The van der Waals surface area contributed by atoms with Crippen molar-refractivity contribution >= 4 is 23.8 Å². The molecule has 4 aromatic carbocycles. The zero-order chi connectivity index (χ0) is 18.7. The fourth-order valence-corrected chi connectivity index (χ4v) is 5.02. The Balaban J connectivity index is 0.000000221. The normalized spacial score (nSPS) is 9.78. The van der Waals surface area contributed by atoms with E-state index in [9.17, 15) is 0 Å². The molecule has 27 heavy (non-hydrogen) atoms. The summed E-state index contributed by atoms with van der Waals surface area (Å²) in [5.41, 5.74) is 0.938. The van der Waals surface area contributed by atoms with Crippen LogP contribution in [0.4, 0.5) is 0 Å². The molecule has 0 spiro atoms. The van der Waals surface area contributed by atoms with E-state index >= 15 is 0 Å². The van der Waals surface area contributed by atoms with E-state index in [0.717, 1.165) is 5.56 Å². The maximum atomic E-state index is 5.10. The summed E-state index contributed by atoms with van der Waals surface area (Å²) in [6, 6.07) is 41.9. The molecule has 0 saturated heterocycles. The van der Waals surface area contributed by atoms with E-state index in [1.54, 1.807) is 0 Å². The van der Waals surface area contributed by atoms with Crippen molar-refractivity contribution in [3.63, 3.8) is 0 Å². The van der Waals surface area contributed by atoms with Gasteiger partial charge in [-0.15, -0.1) is 6.42 Å². The minimum absolute atomic E-state index is 0.446. The highest BCUT2D eigenvalue weighted by atomic mass is 31.1. The molecule has 0 aliphatic heterocycles. The van der Waals surface area contributed by atoms with Crippen molar-refractivity contribution in [2.24, 2.45) is 0 Å². The fourth-order valence-electron chi connectivity index (χ4n) is 2.71. The number of terminal acetylenes is 1. The molecule has 0 amide bonds. The molecule has 0 saturated carbocycles. The van der Waals surface area contributed by atoms with Crippen LogP contribution in [0.2, 0.25) is 0 Å². The molecule has 4 rings (SSSR count). The SMILES string of the molecule is C#Cc1ccccc1.c1ccc(P(c2ccccc2)c2ccccc2)cc1. The van der Waals surface area contributed by atoms with E-state index in [4.69, 9.17) is 6.42 Å². The maximum Gasteiger partial charge on any atom is 0.0242 e. The second kappa shape index (κ2) is 10.1. The predicted octanol–water partition coefficient (Wildman–Crippen LogP) is 5.11. The maximum absolute atomic E-state index is 5.10. The quantitative estimate of drug-likeness (QED) is 0.350. The van der Waals surface area contributed by atoms with Crippen molar-refractivity contribution in [1.29, 1.82) is 0 Å². The minimum Gasteiger partial charge on any atom is -0.115 e. The van der Waals surface area contributed by atoms with Crippen molar-refractivity contribution in [1.82, 2.24) is 0 Å². The van der Waals surface area contributed by atoms with Gasteiger partial charge < -0.3 is 0 Å². The standard InChI is InChI=1S/C18H15P.C8H6/c1-4-10-16(11-5-1)19(17-12-6-2-7-13-17)18-14-8-3-9-15-18;1-2-8-6-4-3-5-7-8/h1-15H;1,3-7H. The molecular weight excluding hydrogens is 343 g/mol. The Kier molecular flexibility index (Phi) is 7.00. The largest absolute Gasteiger partial charge is 0.115 e. The van der Waals surface area contributed by atoms with Gasteiger partial charge in [0.2, 0.25) is 0 Å². The average Bonchev–Trinajstić information content (AvgIpc) is 2.77. The van der Waals surface area contributed by atoms with Gasteiger partial charge >= 0.3 is 0 Å². The van der Waals surface area contributed by atoms with Crippen LogP contribution in [0, 0.1) is 12.3 Å². The molecule has 0 aliphatic carbocycles. The van der Waals surface area contributed by atoms with Gasteiger partial charge in [-0.25, -0.2) is 0 Å². The van der Waals surface area contributed by atoms with Gasteiger partial charge in [-0.3, -0.25) is 0 Å². The van der Waals surface area contributed by atoms with Gasteiger partial charge in [0.05, 0.1) is 0 Å². The van der Waals surface area contributed by atoms with E-state index in [0.29, 0.717) is 0 Å². The summed E-state index contributed by atoms with van der Waals surface area (Å²) >= 11 is 0. The molecule has 0 heterocycles. The molecule has 4 aromatic rings. The smallest absolute Gasteiger partial charge is 0.0242 e. The highest BCUT2D eigenvalue weighted by Gasteiger charge is 2.14. The summed E-state index contributed by atoms with van der Waals surface area (Å²) < 4.78 is 0. The molecule has 0 nitrogen and oxygen atoms in total. The molecule has 0 unspecified atom stereocenters. The third-order valence-corrected chi connectivity index (χ3v) is 6.43. The Morgan fingerprint density at radius 3 is 1.00 bits per heavy atom. The van der Waals surface area contributed by atoms with Gasteiger partial charge in [0.25, 0.3) is 0 Å². The summed E-state index contributed by atoms with van der Waals surface area (Å²) in [5.74, 6) is 2.53. The predicted molar refractivity (Wildman–Crippen MR) is 120 cm³/mol. The Morgan fingerprint density at radius 2 is 0.741 bits per heavy atom. The average molecular weight is 364 g/mol. The van der Waals surface area contributed by atoms with Crippen LogP contribution in [0.25, 0.3) is 0 Å². The molecule has 1 heteroatoms. The van der Waals surface area contributed by atoms with Crippen molar-refractivity contribution in [2.45, 2.75) is 0 Å². The molecule has 0 aromatic heterocycles. The first-order valence-corrected chi connectivity index (χ1v) is 10.2. The van der Waals surface area contributed by atoms with Gasteiger partial charge in [-0.2, -0.15) is 0 Å². The first-order valence-electron chi connectivity index (χ1n) is 8.85. The Labute approximate surface area is 163 Å². The van der Waals surface area contributed by atoms with Crippen LogP contribution in [0.15, 0.2) is 121 Å². The van der Waals surface area contributed by atoms with E-state index in [1.807, 2.05) is 30.3 Å². The molecule has 0 atom stereocenters. The molecule has 0 bridgehead atoms. The molecule has 0 radical (unpaired) electrons. The van der Waals surface area contributed by atoms with Crippen molar-refractivity contribution < 1.29 is 0 Å². The van der Waals surface area contributed by atoms with Crippen LogP contribution >= 0.6 is 7.92 Å². The lowest BCUT2D eigenvalue weighted by Crippen LogP contribution is -2.20. The number of benzene rings is 4. The van der Waals surface area contributed by atoms with Gasteiger partial charge in [0.15, 0.2) is 0 Å². The fraction of sp³-hybridized carbons (Fsp3) is 0. The van der Waals surface area contributed by atoms with Gasteiger partial charge in [0, 0.05) is 5.56 Å². The number of hydrogen-bond acceptors (Lipinski definition) is 0. The lowest BCUT2D eigenvalue weighted by molar-refractivity contribution is 1.65. The van der Waals surface area contributed by atoms with Gasteiger partial charge in [0.1, 0.15) is 0 Å². The van der Waals surface area contributed by atoms with E-state index in [1.165, 1.54) is 15.9 Å². The van der Waals surface area contributed by atoms with E-state index in [-0.39, 0.29) is 0 Å². The van der Waals surface area contributed by atoms with Crippen LogP contribution in [-0.2, 0) is 0 Å². The zero-order valence-corrected chi connectivity index (χ0v) is 16.0. The second-order valence-corrected chi connectivity index (χ2v) is 8.07. The molecular formula is C26H21P. The van der Waals surface area contributed by atoms with Crippen molar-refractivity contribution in [2.75, 3.05) is 0 Å². The lowest BCUT2D eigenvalue weighted by atomic mass is 10.2. The van der Waals surface area contributed by atoms with E-state index < -0.39 is 7.92 Å². The Morgan fingerprint density at radius 1 is 0.444 bits per heavy atom. The summed E-state index contributed by atoms with van der Waals surface area (Å²) in [4.78, 5) is 0. The topological polar surface area (TPSA) is 0 Å². The Bertz CT molecular complexity index is 862. The monoisotopic (exact) mass is 364 g/mol. The lowest BCUT2D eigenvalue weighted by Gasteiger charge is -2.18. The third-order valence-electron chi connectivity index (χ3n) is 3.98. The van der Waals surface area contributed by atoms with Crippen LogP contribution < -0.4 is 15.9 Å². The number of hydrogen-bond donors (Lipinski definition) is 0. The van der Waals surface area contributed by atoms with Gasteiger partial charge in [-0.1, -0.05) is 115 Å². The molecule has 0 aliphatic rings. The van der Waals surface area contributed by atoms with Crippen LogP contribution in [0.3, 0.4) is 0 Å².